The topological polar surface area (TPSA) is 45.1 Å². The maximum absolute atomic E-state index is 12.7. The van der Waals surface area contributed by atoms with Crippen LogP contribution in [0.5, 0.6) is 0 Å². The van der Waals surface area contributed by atoms with Crippen molar-refractivity contribution in [2.45, 2.75) is 51.1 Å². The Morgan fingerprint density at radius 1 is 1.23 bits per heavy atom. The molecule has 1 aliphatic carbocycles. The molecule has 3 aliphatic rings. The molecule has 0 aromatic heterocycles. The number of carbonyl (C=O) groups is 1. The van der Waals surface area contributed by atoms with E-state index in [1.54, 1.807) is 0 Å². The Bertz CT molecular complexity index is 700. The first-order valence-corrected chi connectivity index (χ1v) is 10.5. The molecule has 0 N–H and O–H groups in total. The number of halogens is 1. The molecule has 1 saturated carbocycles. The van der Waals surface area contributed by atoms with E-state index in [0.717, 1.165) is 42.5 Å². The van der Waals surface area contributed by atoms with E-state index in [9.17, 15) is 4.79 Å². The molecule has 26 heavy (non-hydrogen) atoms. The van der Waals surface area contributed by atoms with Crippen LogP contribution in [-0.2, 0) is 9.53 Å². The minimum absolute atomic E-state index is 0.122. The average molecular weight is 420 g/mol. The Labute approximate surface area is 163 Å². The number of likely N-dealkylation sites (tertiary alicyclic amines) is 1. The maximum Gasteiger partial charge on any atom is 0.354 e. The summed E-state index contributed by atoms with van der Waals surface area (Å²) in [5, 5.41) is 7.03. The van der Waals surface area contributed by atoms with Gasteiger partial charge in [0.15, 0.2) is 5.71 Å². The van der Waals surface area contributed by atoms with E-state index in [2.05, 4.69) is 38.0 Å². The number of fused-ring (bicyclic) bond motifs is 1. The van der Waals surface area contributed by atoms with E-state index in [-0.39, 0.29) is 17.6 Å². The molecule has 2 atom stereocenters. The van der Waals surface area contributed by atoms with Gasteiger partial charge in [-0.1, -0.05) is 22.4 Å². The number of ether oxygens (including phenoxy) is 1. The van der Waals surface area contributed by atoms with Gasteiger partial charge in [0, 0.05) is 23.5 Å². The van der Waals surface area contributed by atoms with Gasteiger partial charge < -0.3 is 4.74 Å². The highest BCUT2D eigenvalue weighted by atomic mass is 79.9. The smallest absolute Gasteiger partial charge is 0.354 e. The van der Waals surface area contributed by atoms with Crippen LogP contribution >= 0.6 is 15.9 Å². The van der Waals surface area contributed by atoms with Crippen LogP contribution < -0.4 is 5.01 Å². The summed E-state index contributed by atoms with van der Waals surface area (Å²) in [7, 11) is 0. The van der Waals surface area contributed by atoms with Gasteiger partial charge in [-0.3, -0.25) is 4.90 Å². The number of hydrazone groups is 1. The molecule has 140 valence electrons. The number of benzene rings is 1. The van der Waals surface area contributed by atoms with Gasteiger partial charge in [0.1, 0.15) is 5.66 Å². The fourth-order valence-electron chi connectivity index (χ4n) is 4.88. The van der Waals surface area contributed by atoms with Crippen molar-refractivity contribution >= 4 is 33.3 Å². The Kier molecular flexibility index (Phi) is 5.06. The first kappa shape index (κ1) is 18.0. The average Bonchev–Trinajstić information content (AvgIpc) is 3.29. The molecule has 6 heteroatoms. The van der Waals surface area contributed by atoms with Crippen LogP contribution in [0.25, 0.3) is 0 Å². The fourth-order valence-corrected chi connectivity index (χ4v) is 5.15. The summed E-state index contributed by atoms with van der Waals surface area (Å²) in [4.78, 5) is 15.3. The lowest BCUT2D eigenvalue weighted by molar-refractivity contribution is -0.135. The molecular formula is C20H26BrN3O2. The zero-order valence-electron chi connectivity index (χ0n) is 15.3. The largest absolute Gasteiger partial charge is 0.461 e. The van der Waals surface area contributed by atoms with Crippen molar-refractivity contribution in [3.8, 4) is 0 Å². The third kappa shape index (κ3) is 2.87. The molecule has 0 spiro atoms. The van der Waals surface area contributed by atoms with Crippen LogP contribution in [0.2, 0.25) is 0 Å². The normalized spacial score (nSPS) is 28.8. The molecule has 1 saturated heterocycles. The second-order valence-electron chi connectivity index (χ2n) is 7.37. The van der Waals surface area contributed by atoms with E-state index in [1.807, 2.05) is 19.1 Å². The predicted molar refractivity (Wildman–Crippen MR) is 106 cm³/mol. The number of carbonyl (C=O) groups excluding carboxylic acids is 1. The highest BCUT2D eigenvalue weighted by Gasteiger charge is 2.58. The maximum atomic E-state index is 12.7. The highest BCUT2D eigenvalue weighted by molar-refractivity contribution is 9.10. The number of anilines is 1. The SMILES string of the molecule is CCOC(=O)C1=NN(c2ccc(Br)cc2)C2(N3CCCC3)CCCCC12. The lowest BCUT2D eigenvalue weighted by atomic mass is 9.75. The molecule has 5 nitrogen and oxygen atoms in total. The zero-order valence-corrected chi connectivity index (χ0v) is 16.9. The number of hydrogen-bond donors (Lipinski definition) is 0. The molecule has 0 radical (unpaired) electrons. The number of hydrogen-bond acceptors (Lipinski definition) is 5. The van der Waals surface area contributed by atoms with Crippen molar-refractivity contribution in [3.05, 3.63) is 28.7 Å². The van der Waals surface area contributed by atoms with Crippen LogP contribution in [0.15, 0.2) is 33.8 Å². The summed E-state index contributed by atoms with van der Waals surface area (Å²) in [5.74, 6) is -0.125. The molecular weight excluding hydrogens is 394 g/mol. The van der Waals surface area contributed by atoms with Crippen LogP contribution in [-0.4, -0.2) is 41.9 Å². The summed E-state index contributed by atoms with van der Waals surface area (Å²) in [6, 6.07) is 8.27. The summed E-state index contributed by atoms with van der Waals surface area (Å²) < 4.78 is 6.41. The second kappa shape index (κ2) is 7.31. The van der Waals surface area contributed by atoms with Crippen LogP contribution in [0.1, 0.15) is 45.4 Å². The molecule has 1 aromatic carbocycles. The molecule has 2 fully saturated rings. The van der Waals surface area contributed by atoms with Crippen LogP contribution in [0.3, 0.4) is 0 Å². The monoisotopic (exact) mass is 419 g/mol. The fraction of sp³-hybridized carbons (Fsp3) is 0.600. The Balaban J connectivity index is 1.80. The van der Waals surface area contributed by atoms with Crippen molar-refractivity contribution in [2.75, 3.05) is 24.7 Å². The van der Waals surface area contributed by atoms with Gasteiger partial charge in [-0.15, -0.1) is 0 Å². The van der Waals surface area contributed by atoms with Crippen LogP contribution in [0.4, 0.5) is 5.69 Å². The lowest BCUT2D eigenvalue weighted by Crippen LogP contribution is -2.62. The number of esters is 1. The van der Waals surface area contributed by atoms with Gasteiger partial charge in [-0.25, -0.2) is 9.80 Å². The zero-order chi connectivity index (χ0) is 18.1. The van der Waals surface area contributed by atoms with E-state index in [1.165, 1.54) is 19.3 Å². The summed E-state index contributed by atoms with van der Waals surface area (Å²) in [5.41, 5.74) is 1.44. The second-order valence-corrected chi connectivity index (χ2v) is 8.28. The van der Waals surface area contributed by atoms with Crippen molar-refractivity contribution < 1.29 is 9.53 Å². The number of nitrogens with zero attached hydrogens (tertiary/aromatic N) is 3. The summed E-state index contributed by atoms with van der Waals surface area (Å²) >= 11 is 3.52. The lowest BCUT2D eigenvalue weighted by Gasteiger charge is -2.50. The quantitative estimate of drug-likeness (QED) is 0.686. The van der Waals surface area contributed by atoms with E-state index >= 15 is 0 Å². The number of rotatable bonds is 4. The Hall–Kier alpha value is -1.40. The first-order valence-electron chi connectivity index (χ1n) is 9.73. The van der Waals surface area contributed by atoms with E-state index in [0.29, 0.717) is 12.3 Å². The molecule has 0 amide bonds. The Morgan fingerprint density at radius 3 is 2.65 bits per heavy atom. The van der Waals surface area contributed by atoms with Gasteiger partial charge in [-0.2, -0.15) is 5.10 Å². The van der Waals surface area contributed by atoms with Crippen molar-refractivity contribution in [2.24, 2.45) is 11.0 Å². The molecule has 4 rings (SSSR count). The van der Waals surface area contributed by atoms with Crippen molar-refractivity contribution in [3.63, 3.8) is 0 Å². The highest BCUT2D eigenvalue weighted by Crippen LogP contribution is 2.49. The van der Waals surface area contributed by atoms with Crippen molar-refractivity contribution in [1.29, 1.82) is 0 Å². The molecule has 1 aromatic rings. The minimum atomic E-state index is -0.248. The standard InChI is InChI=1S/C20H26BrN3O2/c1-2-26-19(25)18-17-7-3-4-12-20(17,23-13-5-6-14-23)24(22-18)16-10-8-15(21)9-11-16/h8-11,17H,2-7,12-14H2,1H3. The first-order chi connectivity index (χ1) is 12.7. The van der Waals surface area contributed by atoms with Gasteiger partial charge >= 0.3 is 5.97 Å². The van der Waals surface area contributed by atoms with Crippen LogP contribution in [0, 0.1) is 5.92 Å². The third-order valence-electron chi connectivity index (χ3n) is 5.96. The molecule has 2 aliphatic heterocycles. The summed E-state index contributed by atoms with van der Waals surface area (Å²) in [6.45, 7) is 4.40. The molecule has 2 heterocycles. The van der Waals surface area contributed by atoms with Gasteiger partial charge in [0.05, 0.1) is 12.3 Å². The summed E-state index contributed by atoms with van der Waals surface area (Å²) in [6.07, 6.45) is 6.80. The predicted octanol–water partition coefficient (Wildman–Crippen LogP) is 4.17. The van der Waals surface area contributed by atoms with E-state index < -0.39 is 0 Å². The van der Waals surface area contributed by atoms with Gasteiger partial charge in [0.25, 0.3) is 0 Å². The van der Waals surface area contributed by atoms with Crippen molar-refractivity contribution in [1.82, 2.24) is 4.90 Å². The van der Waals surface area contributed by atoms with E-state index in [4.69, 9.17) is 9.84 Å². The minimum Gasteiger partial charge on any atom is -0.461 e. The molecule has 0 bridgehead atoms. The van der Waals surface area contributed by atoms with Gasteiger partial charge in [-0.05, 0) is 63.3 Å². The van der Waals surface area contributed by atoms with Gasteiger partial charge in [0.2, 0.25) is 0 Å². The third-order valence-corrected chi connectivity index (χ3v) is 6.49. The molecule has 2 unspecified atom stereocenters. The Morgan fingerprint density at radius 2 is 1.96 bits per heavy atom.